The van der Waals surface area contributed by atoms with Crippen LogP contribution in [0.4, 0.5) is 0 Å². The number of rotatable bonds is 5. The Labute approximate surface area is 195 Å². The van der Waals surface area contributed by atoms with Gasteiger partial charge in [0, 0.05) is 11.6 Å². The van der Waals surface area contributed by atoms with Crippen molar-refractivity contribution in [2.24, 2.45) is 5.73 Å². The smallest absolute Gasteiger partial charge is 0.343 e. The van der Waals surface area contributed by atoms with Gasteiger partial charge >= 0.3 is 5.97 Å². The fourth-order valence-corrected chi connectivity index (χ4v) is 3.88. The second-order valence-corrected chi connectivity index (χ2v) is 7.55. The highest BCUT2D eigenvalue weighted by Gasteiger charge is 2.31. The molecular formula is C25H19ClN2O5. The Kier molecular flexibility index (Phi) is 6.11. The first kappa shape index (κ1) is 22.1. The van der Waals surface area contributed by atoms with Crippen LogP contribution in [-0.2, 0) is 0 Å². The predicted octanol–water partition coefficient (Wildman–Crippen LogP) is 4.79. The summed E-state index contributed by atoms with van der Waals surface area (Å²) in [5, 5.41) is 10.0. The van der Waals surface area contributed by atoms with Gasteiger partial charge in [0.25, 0.3) is 0 Å². The Morgan fingerprint density at radius 3 is 2.58 bits per heavy atom. The summed E-state index contributed by atoms with van der Waals surface area (Å²) in [7, 11) is 3.06. The third-order valence-corrected chi connectivity index (χ3v) is 5.51. The summed E-state index contributed by atoms with van der Waals surface area (Å²) in [4.78, 5) is 12.6. The summed E-state index contributed by atoms with van der Waals surface area (Å²) < 4.78 is 21.6. The van der Waals surface area contributed by atoms with Crippen LogP contribution in [0.2, 0.25) is 5.02 Å². The second-order valence-electron chi connectivity index (χ2n) is 7.14. The molecule has 7 nitrogen and oxygen atoms in total. The lowest BCUT2D eigenvalue weighted by atomic mass is 9.83. The zero-order valence-corrected chi connectivity index (χ0v) is 18.6. The van der Waals surface area contributed by atoms with Gasteiger partial charge in [0.05, 0.1) is 30.7 Å². The summed E-state index contributed by atoms with van der Waals surface area (Å²) in [6.45, 7) is 0. The maximum atomic E-state index is 12.6. The van der Waals surface area contributed by atoms with E-state index in [9.17, 15) is 10.1 Å². The molecule has 0 aromatic heterocycles. The van der Waals surface area contributed by atoms with Gasteiger partial charge in [-0.05, 0) is 42.0 Å². The fraction of sp³-hybridized carbons (Fsp3) is 0.120. The zero-order valence-electron chi connectivity index (χ0n) is 17.8. The van der Waals surface area contributed by atoms with E-state index in [1.54, 1.807) is 37.4 Å². The lowest BCUT2D eigenvalue weighted by molar-refractivity contribution is 0.0734. The number of benzene rings is 3. The molecule has 0 fully saturated rings. The molecule has 4 rings (SSSR count). The van der Waals surface area contributed by atoms with Crippen LogP contribution in [0.5, 0.6) is 23.0 Å². The van der Waals surface area contributed by atoms with Gasteiger partial charge in [0.15, 0.2) is 0 Å². The minimum Gasteiger partial charge on any atom is -0.497 e. The molecule has 2 N–H and O–H groups in total. The lowest BCUT2D eigenvalue weighted by Gasteiger charge is -2.27. The predicted molar refractivity (Wildman–Crippen MR) is 122 cm³/mol. The van der Waals surface area contributed by atoms with Crippen LogP contribution in [0.25, 0.3) is 0 Å². The van der Waals surface area contributed by atoms with Crippen LogP contribution in [0, 0.1) is 11.3 Å². The van der Waals surface area contributed by atoms with E-state index in [0.717, 1.165) is 5.56 Å². The van der Waals surface area contributed by atoms with Gasteiger partial charge in [0.1, 0.15) is 34.6 Å². The van der Waals surface area contributed by atoms with Crippen LogP contribution in [0.1, 0.15) is 27.4 Å². The van der Waals surface area contributed by atoms with Gasteiger partial charge in [-0.25, -0.2) is 4.79 Å². The van der Waals surface area contributed by atoms with Crippen molar-refractivity contribution < 1.29 is 23.7 Å². The number of halogens is 1. The molecule has 33 heavy (non-hydrogen) atoms. The molecule has 0 aliphatic carbocycles. The average Bonchev–Trinajstić information content (AvgIpc) is 2.83. The Hall–Kier alpha value is -4.15. The summed E-state index contributed by atoms with van der Waals surface area (Å²) in [6, 6.07) is 19.1. The number of fused-ring (bicyclic) bond motifs is 1. The molecule has 0 radical (unpaired) electrons. The van der Waals surface area contributed by atoms with Gasteiger partial charge in [0.2, 0.25) is 5.88 Å². The minimum atomic E-state index is -0.596. The first-order valence-electron chi connectivity index (χ1n) is 9.86. The number of hydrogen-bond donors (Lipinski definition) is 1. The topological polar surface area (TPSA) is 104 Å². The highest BCUT2D eigenvalue weighted by atomic mass is 35.5. The number of carbonyl (C=O) groups excluding carboxylic acids is 1. The van der Waals surface area contributed by atoms with Crippen molar-refractivity contribution in [3.63, 3.8) is 0 Å². The Bertz CT molecular complexity index is 1310. The van der Waals surface area contributed by atoms with E-state index in [2.05, 4.69) is 6.07 Å². The maximum absolute atomic E-state index is 12.6. The van der Waals surface area contributed by atoms with E-state index in [1.807, 2.05) is 24.3 Å². The number of allylic oxidation sites excluding steroid dienone is 1. The molecule has 0 saturated carbocycles. The third kappa shape index (κ3) is 4.29. The number of ether oxygens (including phenoxy) is 4. The largest absolute Gasteiger partial charge is 0.497 e. The van der Waals surface area contributed by atoms with Crippen LogP contribution < -0.4 is 24.7 Å². The summed E-state index contributed by atoms with van der Waals surface area (Å²) in [5.41, 5.74) is 8.13. The highest BCUT2D eigenvalue weighted by Crippen LogP contribution is 2.44. The van der Waals surface area contributed by atoms with Crippen LogP contribution in [-0.4, -0.2) is 20.2 Å². The molecule has 0 bridgehead atoms. The fourth-order valence-electron chi connectivity index (χ4n) is 3.62. The Balaban J connectivity index is 1.67. The number of nitrogens with two attached hydrogens (primary N) is 1. The second kappa shape index (κ2) is 9.15. The molecule has 1 aliphatic heterocycles. The number of esters is 1. The number of methoxy groups -OCH3 is 2. The van der Waals surface area contributed by atoms with Crippen molar-refractivity contribution in [1.29, 1.82) is 5.26 Å². The highest BCUT2D eigenvalue weighted by molar-refractivity contribution is 6.32. The van der Waals surface area contributed by atoms with Crippen LogP contribution in [0.3, 0.4) is 0 Å². The summed E-state index contributed by atoms with van der Waals surface area (Å²) in [5.74, 6) is 0.679. The molecule has 3 aromatic carbocycles. The van der Waals surface area contributed by atoms with Gasteiger partial charge in [-0.3, -0.25) is 0 Å². The molecule has 3 aromatic rings. The molecule has 166 valence electrons. The van der Waals surface area contributed by atoms with E-state index >= 15 is 0 Å². The van der Waals surface area contributed by atoms with Crippen molar-refractivity contribution in [3.8, 4) is 29.1 Å². The number of hydrogen-bond acceptors (Lipinski definition) is 7. The third-order valence-electron chi connectivity index (χ3n) is 5.22. The zero-order chi connectivity index (χ0) is 23.5. The average molecular weight is 463 g/mol. The van der Waals surface area contributed by atoms with E-state index in [4.69, 9.17) is 36.3 Å². The normalized spacial score (nSPS) is 14.5. The Morgan fingerprint density at radius 1 is 1.06 bits per heavy atom. The molecule has 0 amide bonds. The van der Waals surface area contributed by atoms with Crippen molar-refractivity contribution in [2.75, 3.05) is 14.2 Å². The van der Waals surface area contributed by atoms with Gasteiger partial charge < -0.3 is 24.7 Å². The molecule has 1 aliphatic rings. The number of carbonyl (C=O) groups is 1. The first-order chi connectivity index (χ1) is 15.9. The summed E-state index contributed by atoms with van der Waals surface area (Å²) >= 11 is 6.10. The van der Waals surface area contributed by atoms with E-state index in [0.29, 0.717) is 27.8 Å². The lowest BCUT2D eigenvalue weighted by Crippen LogP contribution is -2.21. The van der Waals surface area contributed by atoms with Crippen molar-refractivity contribution in [1.82, 2.24) is 0 Å². The standard InChI is InChI=1S/C25H19ClN2O5/c1-30-16-5-3-4-14(10-16)23-18-8-7-17(12-22(18)33-24(28)19(23)13-27)32-25(29)15-6-9-21(31-2)20(26)11-15/h3-12,23H,28H2,1-2H3. The van der Waals surface area contributed by atoms with E-state index in [1.165, 1.54) is 13.2 Å². The van der Waals surface area contributed by atoms with Gasteiger partial charge in [-0.2, -0.15) is 5.26 Å². The molecule has 0 spiro atoms. The molecular weight excluding hydrogens is 444 g/mol. The van der Waals surface area contributed by atoms with E-state index in [-0.39, 0.29) is 22.8 Å². The van der Waals surface area contributed by atoms with Gasteiger partial charge in [-0.15, -0.1) is 0 Å². The molecule has 1 unspecified atom stereocenters. The monoisotopic (exact) mass is 462 g/mol. The minimum absolute atomic E-state index is 0.0109. The van der Waals surface area contributed by atoms with Crippen molar-refractivity contribution >= 4 is 17.6 Å². The van der Waals surface area contributed by atoms with Crippen molar-refractivity contribution in [2.45, 2.75) is 5.92 Å². The van der Waals surface area contributed by atoms with Crippen LogP contribution in [0.15, 0.2) is 72.1 Å². The van der Waals surface area contributed by atoms with Crippen LogP contribution >= 0.6 is 11.6 Å². The maximum Gasteiger partial charge on any atom is 0.343 e. The van der Waals surface area contributed by atoms with E-state index < -0.39 is 11.9 Å². The quantitative estimate of drug-likeness (QED) is 0.429. The molecule has 1 atom stereocenters. The summed E-state index contributed by atoms with van der Waals surface area (Å²) in [6.07, 6.45) is 0. The molecule has 8 heteroatoms. The SMILES string of the molecule is COc1cccc(C2C(C#N)=C(N)Oc3cc(OC(=O)c4ccc(OC)c(Cl)c4)ccc32)c1. The first-order valence-corrected chi connectivity index (χ1v) is 10.2. The molecule has 0 saturated heterocycles. The molecule has 1 heterocycles. The Morgan fingerprint density at radius 2 is 1.88 bits per heavy atom. The van der Waals surface area contributed by atoms with Gasteiger partial charge in [-0.1, -0.05) is 29.8 Å². The van der Waals surface area contributed by atoms with Crippen molar-refractivity contribution in [3.05, 3.63) is 93.8 Å². The number of nitrogens with zero attached hydrogens (tertiary/aromatic N) is 1. The number of nitriles is 1.